The molecule has 18 heavy (non-hydrogen) atoms. The molecule has 0 amide bonds. The maximum absolute atomic E-state index is 12.8. The van der Waals surface area contributed by atoms with Gasteiger partial charge in [0, 0.05) is 6.20 Å². The van der Waals surface area contributed by atoms with E-state index in [0.29, 0.717) is 0 Å². The molecule has 0 fully saturated rings. The van der Waals surface area contributed by atoms with Gasteiger partial charge in [-0.05, 0) is 24.3 Å². The molecule has 0 radical (unpaired) electrons. The van der Waals surface area contributed by atoms with Crippen molar-refractivity contribution in [3.05, 3.63) is 48.0 Å². The Morgan fingerprint density at radius 1 is 1.17 bits per heavy atom. The van der Waals surface area contributed by atoms with Gasteiger partial charge in [-0.2, -0.15) is 5.10 Å². The monoisotopic (exact) mass is 258 g/mol. The van der Waals surface area contributed by atoms with Crippen LogP contribution in [0, 0.1) is 17.3 Å². The van der Waals surface area contributed by atoms with Gasteiger partial charge >= 0.3 is 0 Å². The summed E-state index contributed by atoms with van der Waals surface area (Å²) in [4.78, 5) is 0. The van der Waals surface area contributed by atoms with Crippen molar-refractivity contribution in [2.45, 2.75) is 19.6 Å². The highest BCUT2D eigenvalue weighted by Gasteiger charge is 2.07. The van der Waals surface area contributed by atoms with Crippen molar-refractivity contribution in [2.24, 2.45) is 0 Å². The number of rotatable bonds is 1. The third-order valence-corrected chi connectivity index (χ3v) is 3.13. The van der Waals surface area contributed by atoms with E-state index in [4.69, 9.17) is 0 Å². The molecule has 0 aliphatic rings. The average molecular weight is 258 g/mol. The van der Waals surface area contributed by atoms with Gasteiger partial charge < -0.3 is 0 Å². The normalized spacial score (nSPS) is 10.9. The first kappa shape index (κ1) is 12.6. The Morgan fingerprint density at radius 2 is 1.83 bits per heavy atom. The number of nitrogens with zero attached hydrogens (tertiary/aromatic N) is 2. The number of halogens is 1. The van der Waals surface area contributed by atoms with Gasteiger partial charge in [0.25, 0.3) is 0 Å². The molecule has 92 valence electrons. The molecule has 0 saturated carbocycles. The Kier molecular flexibility index (Phi) is 3.35. The predicted molar refractivity (Wildman–Crippen MR) is 73.7 cm³/mol. The molecule has 0 spiro atoms. The summed E-state index contributed by atoms with van der Waals surface area (Å²) < 4.78 is 14.5. The summed E-state index contributed by atoms with van der Waals surface area (Å²) in [5.41, 5.74) is 5.01. The fourth-order valence-electron chi connectivity index (χ4n) is 1.38. The lowest BCUT2D eigenvalue weighted by atomic mass is 10.3. The molecule has 1 aromatic carbocycles. The maximum Gasteiger partial charge on any atom is 0.129 e. The van der Waals surface area contributed by atoms with Crippen LogP contribution in [0.15, 0.2) is 36.7 Å². The molecule has 2 nitrogen and oxygen atoms in total. The molecule has 0 N–H and O–H groups in total. The van der Waals surface area contributed by atoms with E-state index in [1.807, 2.05) is 6.20 Å². The Morgan fingerprint density at radius 3 is 2.44 bits per heavy atom. The fraction of sp³-hybridized carbons (Fsp3) is 0.214. The topological polar surface area (TPSA) is 17.8 Å². The Bertz CT molecular complexity index is 597. The largest absolute Gasteiger partial charge is 0.240 e. The van der Waals surface area contributed by atoms with Gasteiger partial charge in [-0.15, -0.1) is 5.54 Å². The van der Waals surface area contributed by atoms with Crippen LogP contribution in [-0.2, 0) is 0 Å². The summed E-state index contributed by atoms with van der Waals surface area (Å²) in [6.07, 6.45) is 3.59. The molecule has 2 aromatic rings. The molecule has 1 aromatic heterocycles. The van der Waals surface area contributed by atoms with Crippen molar-refractivity contribution in [1.29, 1.82) is 0 Å². The van der Waals surface area contributed by atoms with Crippen LogP contribution in [0.2, 0.25) is 19.6 Å². The van der Waals surface area contributed by atoms with Gasteiger partial charge in [-0.1, -0.05) is 25.6 Å². The Labute approximate surface area is 107 Å². The Hall–Kier alpha value is -1.86. The summed E-state index contributed by atoms with van der Waals surface area (Å²) in [6, 6.07) is 6.23. The van der Waals surface area contributed by atoms with Crippen LogP contribution >= 0.6 is 0 Å². The SMILES string of the molecule is C[Si](C)(C)C#Cc1cnn(-c2ccc(F)cc2)c1. The van der Waals surface area contributed by atoms with E-state index in [0.717, 1.165) is 11.3 Å². The summed E-state index contributed by atoms with van der Waals surface area (Å²) in [5.74, 6) is 2.89. The van der Waals surface area contributed by atoms with E-state index in [1.54, 1.807) is 23.0 Å². The molecule has 0 atom stereocenters. The average Bonchev–Trinajstić information content (AvgIpc) is 2.75. The van der Waals surface area contributed by atoms with Gasteiger partial charge in [-0.3, -0.25) is 0 Å². The number of hydrogen-bond donors (Lipinski definition) is 0. The highest BCUT2D eigenvalue weighted by Crippen LogP contribution is 2.09. The van der Waals surface area contributed by atoms with E-state index in [9.17, 15) is 4.39 Å². The van der Waals surface area contributed by atoms with Crippen molar-refractivity contribution in [3.8, 4) is 17.2 Å². The van der Waals surface area contributed by atoms with Crippen LogP contribution in [0.4, 0.5) is 4.39 Å². The first-order valence-electron chi connectivity index (χ1n) is 5.78. The van der Waals surface area contributed by atoms with E-state index in [1.165, 1.54) is 12.1 Å². The van der Waals surface area contributed by atoms with Gasteiger partial charge in [-0.25, -0.2) is 9.07 Å². The van der Waals surface area contributed by atoms with Crippen molar-refractivity contribution < 1.29 is 4.39 Å². The van der Waals surface area contributed by atoms with Crippen molar-refractivity contribution in [2.75, 3.05) is 0 Å². The second kappa shape index (κ2) is 4.79. The van der Waals surface area contributed by atoms with Crippen molar-refractivity contribution >= 4 is 8.07 Å². The first-order valence-corrected chi connectivity index (χ1v) is 9.28. The Balaban J connectivity index is 2.25. The second-order valence-corrected chi connectivity index (χ2v) is 9.90. The molecular formula is C14H15FN2Si. The second-order valence-electron chi connectivity index (χ2n) is 5.15. The van der Waals surface area contributed by atoms with Crippen LogP contribution in [0.1, 0.15) is 5.56 Å². The number of hydrogen-bond acceptors (Lipinski definition) is 1. The van der Waals surface area contributed by atoms with Gasteiger partial charge in [0.05, 0.1) is 17.4 Å². The van der Waals surface area contributed by atoms with E-state index in [2.05, 4.69) is 36.2 Å². The third kappa shape index (κ3) is 3.31. The smallest absolute Gasteiger partial charge is 0.129 e. The molecule has 0 unspecified atom stereocenters. The summed E-state index contributed by atoms with van der Waals surface area (Å²) in [6.45, 7) is 6.60. The van der Waals surface area contributed by atoms with Crippen molar-refractivity contribution in [3.63, 3.8) is 0 Å². The maximum atomic E-state index is 12.8. The molecule has 0 bridgehead atoms. The minimum absolute atomic E-state index is 0.246. The van der Waals surface area contributed by atoms with Crippen molar-refractivity contribution in [1.82, 2.24) is 9.78 Å². The van der Waals surface area contributed by atoms with Crippen LogP contribution in [0.25, 0.3) is 5.69 Å². The zero-order chi connectivity index (χ0) is 13.2. The minimum Gasteiger partial charge on any atom is -0.240 e. The van der Waals surface area contributed by atoms with Gasteiger partial charge in [0.1, 0.15) is 13.9 Å². The summed E-state index contributed by atoms with van der Waals surface area (Å²) >= 11 is 0. The number of aromatic nitrogens is 2. The number of benzene rings is 1. The molecule has 2 rings (SSSR count). The lowest BCUT2D eigenvalue weighted by Gasteiger charge is -2.02. The van der Waals surface area contributed by atoms with Crippen LogP contribution in [-0.4, -0.2) is 17.9 Å². The summed E-state index contributed by atoms with van der Waals surface area (Å²) in [5, 5.41) is 4.22. The lowest BCUT2D eigenvalue weighted by molar-refractivity contribution is 0.627. The zero-order valence-electron chi connectivity index (χ0n) is 10.7. The molecule has 4 heteroatoms. The van der Waals surface area contributed by atoms with E-state index >= 15 is 0 Å². The minimum atomic E-state index is -1.37. The summed E-state index contributed by atoms with van der Waals surface area (Å²) in [7, 11) is -1.37. The highest BCUT2D eigenvalue weighted by atomic mass is 28.3. The fourth-order valence-corrected chi connectivity index (χ4v) is 1.90. The quantitative estimate of drug-likeness (QED) is 0.567. The highest BCUT2D eigenvalue weighted by molar-refractivity contribution is 6.83. The van der Waals surface area contributed by atoms with E-state index < -0.39 is 8.07 Å². The molecule has 0 aliphatic heterocycles. The van der Waals surface area contributed by atoms with Crippen LogP contribution in [0.5, 0.6) is 0 Å². The zero-order valence-corrected chi connectivity index (χ0v) is 11.7. The third-order valence-electron chi connectivity index (χ3n) is 2.26. The van der Waals surface area contributed by atoms with Crippen LogP contribution < -0.4 is 0 Å². The predicted octanol–water partition coefficient (Wildman–Crippen LogP) is 3.24. The molecular weight excluding hydrogens is 243 g/mol. The molecule has 0 aliphatic carbocycles. The lowest BCUT2D eigenvalue weighted by Crippen LogP contribution is -2.16. The van der Waals surface area contributed by atoms with Gasteiger partial charge in [0.15, 0.2) is 0 Å². The molecule has 1 heterocycles. The van der Waals surface area contributed by atoms with E-state index in [-0.39, 0.29) is 5.82 Å². The molecule has 0 saturated heterocycles. The van der Waals surface area contributed by atoms with Gasteiger partial charge in [0.2, 0.25) is 0 Å². The standard InChI is InChI=1S/C14H15FN2Si/c1-18(2,3)9-8-12-10-16-17(11-12)14-6-4-13(15)5-7-14/h4-7,10-11H,1-3H3. The van der Waals surface area contributed by atoms with Crippen LogP contribution in [0.3, 0.4) is 0 Å². The first-order chi connectivity index (χ1) is 8.44.